The normalized spacial score (nSPS) is 18.2. The minimum atomic E-state index is -0.899. The molecule has 2 heterocycles. The molecule has 1 saturated heterocycles. The van der Waals surface area contributed by atoms with E-state index in [0.717, 1.165) is 12.0 Å². The van der Waals surface area contributed by atoms with E-state index in [9.17, 15) is 14.7 Å². The molecule has 1 unspecified atom stereocenters. The van der Waals surface area contributed by atoms with Gasteiger partial charge < -0.3 is 19.6 Å². The van der Waals surface area contributed by atoms with E-state index in [4.69, 9.17) is 9.47 Å². The highest BCUT2D eigenvalue weighted by molar-refractivity contribution is 5.94. The maximum Gasteiger partial charge on any atom is 0.340 e. The lowest BCUT2D eigenvalue weighted by Gasteiger charge is -2.38. The summed E-state index contributed by atoms with van der Waals surface area (Å²) in [7, 11) is 0. The van der Waals surface area contributed by atoms with Gasteiger partial charge in [-0.25, -0.2) is 9.80 Å². The van der Waals surface area contributed by atoms with Crippen LogP contribution in [0.5, 0.6) is 0 Å². The minimum absolute atomic E-state index is 0.0649. The number of aryl methyl sites for hydroxylation is 1. The Kier molecular flexibility index (Phi) is 6.98. The third kappa shape index (κ3) is 4.81. The van der Waals surface area contributed by atoms with E-state index >= 15 is 0 Å². The molecular weight excluding hydrogens is 326 g/mol. The Morgan fingerprint density at radius 1 is 1.48 bits per heavy atom. The van der Waals surface area contributed by atoms with Gasteiger partial charge in [0.2, 0.25) is 5.91 Å². The zero-order valence-electron chi connectivity index (χ0n) is 15.1. The van der Waals surface area contributed by atoms with Crippen molar-refractivity contribution in [3.63, 3.8) is 0 Å². The van der Waals surface area contributed by atoms with E-state index in [1.807, 2.05) is 6.92 Å². The molecule has 0 aromatic carbocycles. The maximum atomic E-state index is 12.8. The van der Waals surface area contributed by atoms with Gasteiger partial charge in [-0.15, -0.1) is 0 Å². The van der Waals surface area contributed by atoms with Gasteiger partial charge in [0, 0.05) is 25.0 Å². The van der Waals surface area contributed by atoms with Gasteiger partial charge in [-0.2, -0.15) is 0 Å². The second-order valence-corrected chi connectivity index (χ2v) is 5.98. The summed E-state index contributed by atoms with van der Waals surface area (Å²) in [5, 5.41) is 13.1. The van der Waals surface area contributed by atoms with Crippen molar-refractivity contribution in [2.24, 2.45) is 0 Å². The van der Waals surface area contributed by atoms with Gasteiger partial charge >= 0.3 is 5.97 Å². The average Bonchev–Trinajstić information content (AvgIpc) is 2.93. The summed E-state index contributed by atoms with van der Waals surface area (Å²) >= 11 is 0. The zero-order chi connectivity index (χ0) is 18.4. The Bertz CT molecular complexity index is 601. The number of hydrogen-bond donors (Lipinski definition) is 2. The van der Waals surface area contributed by atoms with Crippen LogP contribution in [-0.2, 0) is 20.7 Å². The molecule has 1 atom stereocenters. The average molecular weight is 353 g/mol. The molecule has 1 aromatic rings. The molecule has 1 aromatic heterocycles. The number of hydrazine groups is 1. The van der Waals surface area contributed by atoms with Crippen LogP contribution in [0.15, 0.2) is 6.20 Å². The van der Waals surface area contributed by atoms with Crippen LogP contribution in [0.1, 0.15) is 41.9 Å². The number of nitrogens with zero attached hydrogens (tertiary/aromatic N) is 2. The number of aliphatic hydroxyl groups excluding tert-OH is 1. The van der Waals surface area contributed by atoms with E-state index < -0.39 is 12.3 Å². The molecule has 140 valence electrons. The molecule has 8 nitrogen and oxygen atoms in total. The van der Waals surface area contributed by atoms with Crippen LogP contribution in [0.2, 0.25) is 0 Å². The molecule has 0 aliphatic carbocycles. The Balaban J connectivity index is 2.14. The fourth-order valence-electron chi connectivity index (χ4n) is 2.92. The molecule has 1 amide bonds. The summed E-state index contributed by atoms with van der Waals surface area (Å²) in [6.45, 7) is 7.52. The molecule has 1 aliphatic heterocycles. The first-order chi connectivity index (χ1) is 12.0. The highest BCUT2D eigenvalue weighted by Crippen LogP contribution is 2.17. The molecule has 1 aliphatic rings. The van der Waals surface area contributed by atoms with Crippen LogP contribution in [0.4, 0.5) is 0 Å². The molecular formula is C17H27N3O5. The van der Waals surface area contributed by atoms with E-state index in [-0.39, 0.29) is 25.5 Å². The first kappa shape index (κ1) is 19.4. The standard InChI is InChI=1S/C17H27N3O5/c1-4-6-20(19-7-8-25-15(22)11-19)14(21)9-13-16(12(3)10-18-13)17(23)24-5-2/h10,15,18,22H,4-9,11H2,1-3H3. The molecule has 0 spiro atoms. The number of aromatic nitrogens is 1. The Morgan fingerprint density at radius 3 is 2.88 bits per heavy atom. The van der Waals surface area contributed by atoms with Crippen LogP contribution in [0.3, 0.4) is 0 Å². The van der Waals surface area contributed by atoms with Gasteiger partial charge in [-0.3, -0.25) is 9.80 Å². The predicted molar refractivity (Wildman–Crippen MR) is 90.7 cm³/mol. The lowest BCUT2D eigenvalue weighted by Crippen LogP contribution is -2.54. The zero-order valence-corrected chi connectivity index (χ0v) is 15.1. The van der Waals surface area contributed by atoms with Crippen molar-refractivity contribution in [1.29, 1.82) is 0 Å². The van der Waals surface area contributed by atoms with E-state index in [0.29, 0.717) is 31.0 Å². The van der Waals surface area contributed by atoms with Crippen molar-refractivity contribution < 1.29 is 24.2 Å². The van der Waals surface area contributed by atoms with Crippen molar-refractivity contribution in [3.8, 4) is 0 Å². The summed E-state index contributed by atoms with van der Waals surface area (Å²) in [6.07, 6.45) is 1.66. The number of aliphatic hydroxyl groups is 1. The number of esters is 1. The van der Waals surface area contributed by atoms with E-state index in [2.05, 4.69) is 4.98 Å². The first-order valence-corrected chi connectivity index (χ1v) is 8.66. The number of H-pyrrole nitrogens is 1. The number of hydrogen-bond acceptors (Lipinski definition) is 6. The Labute approximate surface area is 147 Å². The molecule has 0 bridgehead atoms. The number of carbonyl (C=O) groups excluding carboxylic acids is 2. The number of amides is 1. The predicted octanol–water partition coefficient (Wildman–Crippen LogP) is 0.847. The summed E-state index contributed by atoms with van der Waals surface area (Å²) in [5.74, 6) is -0.559. The summed E-state index contributed by atoms with van der Waals surface area (Å²) in [6, 6.07) is 0. The number of morpholine rings is 1. The van der Waals surface area contributed by atoms with Crippen LogP contribution in [0, 0.1) is 6.92 Å². The molecule has 0 saturated carbocycles. The molecule has 0 radical (unpaired) electrons. The third-order valence-electron chi connectivity index (χ3n) is 4.06. The van der Waals surface area contributed by atoms with Gasteiger partial charge in [0.05, 0.1) is 31.7 Å². The Morgan fingerprint density at radius 2 is 2.24 bits per heavy atom. The summed E-state index contributed by atoms with van der Waals surface area (Å²) in [4.78, 5) is 28.0. The number of nitrogens with one attached hydrogen (secondary N) is 1. The Hall–Kier alpha value is -1.90. The van der Waals surface area contributed by atoms with Crippen LogP contribution in [0.25, 0.3) is 0 Å². The third-order valence-corrected chi connectivity index (χ3v) is 4.06. The number of rotatable bonds is 7. The number of β-amino-alcohol motifs (C(OH)–C–C–N with tert-alkyl or cyclic N) is 1. The summed E-state index contributed by atoms with van der Waals surface area (Å²) in [5.41, 5.74) is 1.73. The first-order valence-electron chi connectivity index (χ1n) is 8.66. The number of aromatic amines is 1. The highest BCUT2D eigenvalue weighted by atomic mass is 16.6. The molecule has 25 heavy (non-hydrogen) atoms. The van der Waals surface area contributed by atoms with Gasteiger partial charge in [0.1, 0.15) is 0 Å². The van der Waals surface area contributed by atoms with Crippen molar-refractivity contribution in [3.05, 3.63) is 23.0 Å². The fraction of sp³-hybridized carbons (Fsp3) is 0.647. The topological polar surface area (TPSA) is 95.1 Å². The van der Waals surface area contributed by atoms with Crippen molar-refractivity contribution in [1.82, 2.24) is 15.0 Å². The molecule has 1 fully saturated rings. The van der Waals surface area contributed by atoms with Crippen LogP contribution >= 0.6 is 0 Å². The molecule has 2 N–H and O–H groups in total. The van der Waals surface area contributed by atoms with Gasteiger partial charge in [-0.1, -0.05) is 6.92 Å². The van der Waals surface area contributed by atoms with Crippen LogP contribution in [-0.4, -0.2) is 71.1 Å². The van der Waals surface area contributed by atoms with Gasteiger partial charge in [0.15, 0.2) is 6.29 Å². The smallest absolute Gasteiger partial charge is 0.340 e. The SMILES string of the molecule is CCCN(C(=O)Cc1[nH]cc(C)c1C(=O)OCC)N1CCOC(O)C1. The van der Waals surface area contributed by atoms with E-state index in [1.54, 1.807) is 30.1 Å². The lowest BCUT2D eigenvalue weighted by atomic mass is 10.1. The van der Waals surface area contributed by atoms with Crippen LogP contribution < -0.4 is 0 Å². The van der Waals surface area contributed by atoms with Gasteiger partial charge in [0.25, 0.3) is 0 Å². The fourth-order valence-corrected chi connectivity index (χ4v) is 2.92. The second kappa shape index (κ2) is 8.98. The summed E-state index contributed by atoms with van der Waals surface area (Å²) < 4.78 is 10.2. The van der Waals surface area contributed by atoms with Crippen molar-refractivity contribution in [2.45, 2.75) is 39.9 Å². The maximum absolute atomic E-state index is 12.8. The molecule has 2 rings (SSSR count). The van der Waals surface area contributed by atoms with Crippen molar-refractivity contribution in [2.75, 3.05) is 32.8 Å². The number of carbonyl (C=O) groups is 2. The quantitative estimate of drug-likeness (QED) is 0.706. The largest absolute Gasteiger partial charge is 0.462 e. The van der Waals surface area contributed by atoms with Gasteiger partial charge in [-0.05, 0) is 25.8 Å². The highest BCUT2D eigenvalue weighted by Gasteiger charge is 2.28. The van der Waals surface area contributed by atoms with Crippen molar-refractivity contribution >= 4 is 11.9 Å². The van der Waals surface area contributed by atoms with E-state index in [1.165, 1.54) is 0 Å². The lowest BCUT2D eigenvalue weighted by molar-refractivity contribution is -0.197. The monoisotopic (exact) mass is 353 g/mol. The second-order valence-electron chi connectivity index (χ2n) is 5.98. The minimum Gasteiger partial charge on any atom is -0.462 e. The molecule has 8 heteroatoms. The number of ether oxygens (including phenoxy) is 2.